The summed E-state index contributed by atoms with van der Waals surface area (Å²) in [5.41, 5.74) is 3.59. The van der Waals surface area contributed by atoms with E-state index in [0.717, 1.165) is 18.4 Å². The molecule has 0 bridgehead atoms. The molecule has 1 aliphatic carbocycles. The van der Waals surface area contributed by atoms with Crippen LogP contribution in [0.4, 0.5) is 11.4 Å². The van der Waals surface area contributed by atoms with Crippen molar-refractivity contribution in [3.63, 3.8) is 0 Å². The molecule has 0 saturated heterocycles. The lowest BCUT2D eigenvalue weighted by Crippen LogP contribution is -2.41. The number of aliphatic hydroxyl groups excluding tert-OH is 1. The number of nitrogens with zero attached hydrogens (tertiary/aromatic N) is 2. The largest absolute Gasteiger partial charge is 0.395 e. The van der Waals surface area contributed by atoms with E-state index in [2.05, 4.69) is 10.3 Å². The zero-order chi connectivity index (χ0) is 14.5. The van der Waals surface area contributed by atoms with E-state index in [4.69, 9.17) is 10.9 Å². The van der Waals surface area contributed by atoms with Gasteiger partial charge < -0.3 is 10.5 Å². The molecule has 0 radical (unpaired) electrons. The van der Waals surface area contributed by atoms with E-state index in [9.17, 15) is 10.1 Å². The van der Waals surface area contributed by atoms with Crippen LogP contribution in [0.1, 0.15) is 24.8 Å². The summed E-state index contributed by atoms with van der Waals surface area (Å²) in [7, 11) is 0. The van der Waals surface area contributed by atoms with Crippen LogP contribution in [0.3, 0.4) is 0 Å². The van der Waals surface area contributed by atoms with Gasteiger partial charge in [0.15, 0.2) is 0 Å². The molecule has 0 amide bonds. The summed E-state index contributed by atoms with van der Waals surface area (Å²) in [5.74, 6) is 5.34. The highest BCUT2D eigenvalue weighted by Gasteiger charge is 2.25. The molecule has 20 heavy (non-hydrogen) atoms. The minimum Gasteiger partial charge on any atom is -0.395 e. The van der Waals surface area contributed by atoms with Crippen LogP contribution in [0.15, 0.2) is 18.2 Å². The molecule has 1 saturated carbocycles. The summed E-state index contributed by atoms with van der Waals surface area (Å²) in [4.78, 5) is 12.6. The number of hydrazine groups is 1. The van der Waals surface area contributed by atoms with Gasteiger partial charge in [0.25, 0.3) is 5.69 Å². The molecule has 110 valence electrons. The van der Waals surface area contributed by atoms with Crippen molar-refractivity contribution < 1.29 is 10.0 Å². The summed E-state index contributed by atoms with van der Waals surface area (Å²) in [5, 5.41) is 20.0. The predicted octanol–water partition coefficient (Wildman–Crippen LogP) is 1.23. The van der Waals surface area contributed by atoms with Crippen LogP contribution in [0.2, 0.25) is 0 Å². The topological polar surface area (TPSA) is 105 Å². The SMILES string of the molecule is NNc1cc(CN(CCO)C2CCC2)ccc1[N+](=O)[O-]. The summed E-state index contributed by atoms with van der Waals surface area (Å²) in [6.07, 6.45) is 3.52. The number of nitrogens with one attached hydrogen (secondary N) is 1. The van der Waals surface area contributed by atoms with Crippen molar-refractivity contribution in [3.8, 4) is 0 Å². The normalized spacial score (nSPS) is 15.2. The second-order valence-electron chi connectivity index (χ2n) is 5.03. The maximum atomic E-state index is 10.8. The molecule has 0 aromatic heterocycles. The molecule has 2 rings (SSSR count). The third-order valence-corrected chi connectivity index (χ3v) is 3.78. The molecule has 1 aliphatic rings. The van der Waals surface area contributed by atoms with Crippen LogP contribution < -0.4 is 11.3 Å². The zero-order valence-electron chi connectivity index (χ0n) is 11.3. The van der Waals surface area contributed by atoms with E-state index in [1.807, 2.05) is 0 Å². The Morgan fingerprint density at radius 3 is 2.75 bits per heavy atom. The van der Waals surface area contributed by atoms with E-state index < -0.39 is 4.92 Å². The Balaban J connectivity index is 2.13. The number of anilines is 1. The highest BCUT2D eigenvalue weighted by Crippen LogP contribution is 2.28. The molecular weight excluding hydrogens is 260 g/mol. The number of rotatable bonds is 7. The maximum absolute atomic E-state index is 10.8. The molecule has 7 heteroatoms. The lowest BCUT2D eigenvalue weighted by molar-refractivity contribution is -0.384. The summed E-state index contributed by atoms with van der Waals surface area (Å²) >= 11 is 0. The Hall–Kier alpha value is -1.70. The van der Waals surface area contributed by atoms with Gasteiger partial charge in [-0.2, -0.15) is 0 Å². The van der Waals surface area contributed by atoms with Gasteiger partial charge in [-0.3, -0.25) is 20.9 Å². The number of aliphatic hydroxyl groups is 1. The molecular formula is C13H20N4O3. The first-order valence-electron chi connectivity index (χ1n) is 6.74. The summed E-state index contributed by atoms with van der Waals surface area (Å²) < 4.78 is 0. The van der Waals surface area contributed by atoms with Gasteiger partial charge in [0.1, 0.15) is 5.69 Å². The number of nitro benzene ring substituents is 1. The number of hydrogen-bond acceptors (Lipinski definition) is 6. The van der Waals surface area contributed by atoms with Crippen LogP contribution >= 0.6 is 0 Å². The van der Waals surface area contributed by atoms with Crippen molar-refractivity contribution in [1.82, 2.24) is 4.90 Å². The third-order valence-electron chi connectivity index (χ3n) is 3.78. The standard InChI is InChI=1S/C13H20N4O3/c14-15-12-8-10(4-5-13(12)17(19)20)9-16(6-7-18)11-2-1-3-11/h4-5,8,11,15,18H,1-3,6-7,9,14H2. The molecule has 1 aromatic rings. The van der Waals surface area contributed by atoms with Crippen LogP contribution in [0.25, 0.3) is 0 Å². The summed E-state index contributed by atoms with van der Waals surface area (Å²) in [6.45, 7) is 1.40. The van der Waals surface area contributed by atoms with Crippen molar-refractivity contribution in [2.24, 2.45) is 5.84 Å². The van der Waals surface area contributed by atoms with Crippen molar-refractivity contribution in [3.05, 3.63) is 33.9 Å². The Kier molecular flexibility index (Phi) is 4.89. The smallest absolute Gasteiger partial charge is 0.293 e. The highest BCUT2D eigenvalue weighted by atomic mass is 16.6. The molecule has 0 unspecified atom stereocenters. The monoisotopic (exact) mass is 280 g/mol. The molecule has 0 heterocycles. The highest BCUT2D eigenvalue weighted by molar-refractivity contribution is 5.62. The lowest BCUT2D eigenvalue weighted by atomic mass is 9.91. The third kappa shape index (κ3) is 3.24. The second kappa shape index (κ2) is 6.65. The van der Waals surface area contributed by atoms with Crippen LogP contribution in [-0.4, -0.2) is 34.1 Å². The van der Waals surface area contributed by atoms with Crippen molar-refractivity contribution >= 4 is 11.4 Å². The van der Waals surface area contributed by atoms with Gasteiger partial charge in [0.05, 0.1) is 11.5 Å². The fourth-order valence-corrected chi connectivity index (χ4v) is 2.46. The molecule has 0 atom stereocenters. The fourth-order valence-electron chi connectivity index (χ4n) is 2.46. The average Bonchev–Trinajstić information content (AvgIpc) is 2.36. The summed E-state index contributed by atoms with van der Waals surface area (Å²) in [6, 6.07) is 5.40. The van der Waals surface area contributed by atoms with Crippen molar-refractivity contribution in [1.29, 1.82) is 0 Å². The van der Waals surface area contributed by atoms with Gasteiger partial charge in [0.2, 0.25) is 0 Å². The predicted molar refractivity (Wildman–Crippen MR) is 76.0 cm³/mol. The van der Waals surface area contributed by atoms with Gasteiger partial charge in [-0.25, -0.2) is 0 Å². The first kappa shape index (κ1) is 14.7. The second-order valence-corrected chi connectivity index (χ2v) is 5.03. The number of nitrogens with two attached hydrogens (primary N) is 1. The van der Waals surface area contributed by atoms with E-state index >= 15 is 0 Å². The van der Waals surface area contributed by atoms with Gasteiger partial charge in [-0.1, -0.05) is 12.5 Å². The van der Waals surface area contributed by atoms with Crippen LogP contribution in [0.5, 0.6) is 0 Å². The lowest BCUT2D eigenvalue weighted by Gasteiger charge is -2.37. The first-order valence-corrected chi connectivity index (χ1v) is 6.74. The van der Waals surface area contributed by atoms with E-state index in [-0.39, 0.29) is 12.3 Å². The minimum atomic E-state index is -0.462. The molecule has 1 fully saturated rings. The number of hydrogen-bond donors (Lipinski definition) is 3. The molecule has 4 N–H and O–H groups in total. The molecule has 0 aliphatic heterocycles. The Bertz CT molecular complexity index is 477. The van der Waals surface area contributed by atoms with Gasteiger partial charge >= 0.3 is 0 Å². The Labute approximate surface area is 117 Å². The Morgan fingerprint density at radius 1 is 1.50 bits per heavy atom. The number of nitrogen functional groups attached to an aromatic ring is 1. The van der Waals surface area contributed by atoms with Gasteiger partial charge in [-0.15, -0.1) is 0 Å². The zero-order valence-corrected chi connectivity index (χ0v) is 11.3. The minimum absolute atomic E-state index is 0.0337. The Morgan fingerprint density at radius 2 is 2.25 bits per heavy atom. The van der Waals surface area contributed by atoms with E-state index in [0.29, 0.717) is 24.8 Å². The van der Waals surface area contributed by atoms with Gasteiger partial charge in [-0.05, 0) is 24.5 Å². The molecule has 0 spiro atoms. The number of benzene rings is 1. The van der Waals surface area contributed by atoms with E-state index in [1.165, 1.54) is 12.5 Å². The molecule has 1 aromatic carbocycles. The van der Waals surface area contributed by atoms with Crippen molar-refractivity contribution in [2.75, 3.05) is 18.6 Å². The fraction of sp³-hybridized carbons (Fsp3) is 0.538. The van der Waals surface area contributed by atoms with Crippen molar-refractivity contribution in [2.45, 2.75) is 31.8 Å². The number of nitro groups is 1. The quantitative estimate of drug-likeness (QED) is 0.394. The van der Waals surface area contributed by atoms with Gasteiger partial charge in [0, 0.05) is 25.2 Å². The van der Waals surface area contributed by atoms with E-state index in [1.54, 1.807) is 12.1 Å². The van der Waals surface area contributed by atoms with Crippen LogP contribution in [-0.2, 0) is 6.54 Å². The average molecular weight is 280 g/mol. The molecule has 7 nitrogen and oxygen atoms in total. The first-order chi connectivity index (χ1) is 9.65. The maximum Gasteiger partial charge on any atom is 0.293 e. The van der Waals surface area contributed by atoms with Crippen LogP contribution in [0, 0.1) is 10.1 Å².